The molecule has 0 saturated carbocycles. The van der Waals surface area contributed by atoms with Crippen LogP contribution in [0.25, 0.3) is 0 Å². The number of nitrogens with zero attached hydrogens (tertiary/aromatic N) is 1. The number of carbonyl (C=O) groups excluding carboxylic acids is 2. The molecule has 0 bridgehead atoms. The molecule has 3 N–H and O–H groups in total. The summed E-state index contributed by atoms with van der Waals surface area (Å²) in [4.78, 5) is 25.2. The fourth-order valence-electron chi connectivity index (χ4n) is 2.82. The van der Waals surface area contributed by atoms with E-state index in [0.717, 1.165) is 39.0 Å². The average Bonchev–Trinajstić information content (AvgIpc) is 2.46. The van der Waals surface area contributed by atoms with Crippen molar-refractivity contribution < 1.29 is 9.59 Å². The SMILES string of the molecule is CC(=O)NCC1CCN(C(=O)C2CNC(C)CN2)CC1. The minimum Gasteiger partial charge on any atom is -0.356 e. The predicted molar refractivity (Wildman–Crippen MR) is 77.2 cm³/mol. The smallest absolute Gasteiger partial charge is 0.241 e. The maximum atomic E-state index is 12.4. The lowest BCUT2D eigenvalue weighted by atomic mass is 9.96. The third kappa shape index (κ3) is 4.18. The quantitative estimate of drug-likeness (QED) is 0.641. The highest BCUT2D eigenvalue weighted by molar-refractivity contribution is 5.82. The molecule has 20 heavy (non-hydrogen) atoms. The minimum atomic E-state index is -0.0851. The lowest BCUT2D eigenvalue weighted by Crippen LogP contribution is -2.60. The molecule has 2 aliphatic heterocycles. The van der Waals surface area contributed by atoms with E-state index >= 15 is 0 Å². The van der Waals surface area contributed by atoms with Crippen molar-refractivity contribution in [3.63, 3.8) is 0 Å². The molecular weight excluding hydrogens is 256 g/mol. The van der Waals surface area contributed by atoms with Crippen LogP contribution in [0.15, 0.2) is 0 Å². The van der Waals surface area contributed by atoms with Gasteiger partial charge in [0.2, 0.25) is 11.8 Å². The average molecular weight is 282 g/mol. The molecule has 2 heterocycles. The Morgan fingerprint density at radius 1 is 1.20 bits per heavy atom. The molecule has 0 radical (unpaired) electrons. The second-order valence-corrected chi connectivity index (χ2v) is 5.98. The summed E-state index contributed by atoms with van der Waals surface area (Å²) in [6, 6.07) is 0.348. The number of nitrogens with one attached hydrogen (secondary N) is 3. The van der Waals surface area contributed by atoms with Gasteiger partial charge in [-0.1, -0.05) is 0 Å². The fraction of sp³-hybridized carbons (Fsp3) is 0.857. The van der Waals surface area contributed by atoms with E-state index in [0.29, 0.717) is 18.5 Å². The Bertz CT molecular complexity index is 345. The van der Waals surface area contributed by atoms with Crippen molar-refractivity contribution in [2.45, 2.75) is 38.8 Å². The third-order valence-corrected chi connectivity index (χ3v) is 4.20. The van der Waals surface area contributed by atoms with Gasteiger partial charge in [0.1, 0.15) is 0 Å². The van der Waals surface area contributed by atoms with Crippen molar-refractivity contribution in [1.82, 2.24) is 20.9 Å². The topological polar surface area (TPSA) is 73.5 Å². The predicted octanol–water partition coefficient (Wildman–Crippen LogP) is -0.689. The van der Waals surface area contributed by atoms with Gasteiger partial charge < -0.3 is 20.9 Å². The maximum absolute atomic E-state index is 12.4. The van der Waals surface area contributed by atoms with Gasteiger partial charge in [-0.3, -0.25) is 9.59 Å². The molecule has 6 nitrogen and oxygen atoms in total. The standard InChI is InChI=1S/C14H26N4O2/c1-10-7-17-13(9-15-10)14(20)18-5-3-12(4-6-18)8-16-11(2)19/h10,12-13,15,17H,3-9H2,1-2H3,(H,16,19). The highest BCUT2D eigenvalue weighted by Crippen LogP contribution is 2.17. The third-order valence-electron chi connectivity index (χ3n) is 4.20. The van der Waals surface area contributed by atoms with E-state index in [4.69, 9.17) is 0 Å². The van der Waals surface area contributed by atoms with Gasteiger partial charge in [-0.15, -0.1) is 0 Å². The van der Waals surface area contributed by atoms with Gasteiger partial charge in [0.25, 0.3) is 0 Å². The number of rotatable bonds is 3. The summed E-state index contributed by atoms with van der Waals surface area (Å²) in [6.07, 6.45) is 1.95. The van der Waals surface area contributed by atoms with Gasteiger partial charge in [-0.2, -0.15) is 0 Å². The normalized spacial score (nSPS) is 28.2. The van der Waals surface area contributed by atoms with Crippen LogP contribution in [-0.2, 0) is 9.59 Å². The summed E-state index contributed by atoms with van der Waals surface area (Å²) in [7, 11) is 0. The number of carbonyl (C=O) groups is 2. The first-order chi connectivity index (χ1) is 9.56. The van der Waals surface area contributed by atoms with Gasteiger partial charge in [0, 0.05) is 45.7 Å². The number of piperidine rings is 1. The zero-order chi connectivity index (χ0) is 14.5. The van der Waals surface area contributed by atoms with Crippen LogP contribution in [0.3, 0.4) is 0 Å². The molecule has 0 aromatic heterocycles. The van der Waals surface area contributed by atoms with Crippen molar-refractivity contribution in [2.24, 2.45) is 5.92 Å². The number of hydrogen-bond donors (Lipinski definition) is 3. The van der Waals surface area contributed by atoms with Crippen molar-refractivity contribution in [3.8, 4) is 0 Å². The monoisotopic (exact) mass is 282 g/mol. The summed E-state index contributed by atoms with van der Waals surface area (Å²) >= 11 is 0. The van der Waals surface area contributed by atoms with Crippen LogP contribution in [0.1, 0.15) is 26.7 Å². The largest absolute Gasteiger partial charge is 0.356 e. The Morgan fingerprint density at radius 2 is 1.90 bits per heavy atom. The molecule has 2 amide bonds. The summed E-state index contributed by atoms with van der Waals surface area (Å²) < 4.78 is 0. The van der Waals surface area contributed by atoms with E-state index < -0.39 is 0 Å². The molecule has 2 unspecified atom stereocenters. The summed E-state index contributed by atoms with van der Waals surface area (Å²) in [5.74, 6) is 0.734. The van der Waals surface area contributed by atoms with Crippen LogP contribution in [0, 0.1) is 5.92 Å². The van der Waals surface area contributed by atoms with E-state index in [1.165, 1.54) is 0 Å². The molecule has 6 heteroatoms. The van der Waals surface area contributed by atoms with Crippen molar-refractivity contribution >= 4 is 11.8 Å². The lowest BCUT2D eigenvalue weighted by Gasteiger charge is -2.36. The Morgan fingerprint density at radius 3 is 2.45 bits per heavy atom. The molecule has 0 aromatic rings. The zero-order valence-corrected chi connectivity index (χ0v) is 12.4. The summed E-state index contributed by atoms with van der Waals surface area (Å²) in [6.45, 7) is 7.55. The second-order valence-electron chi connectivity index (χ2n) is 5.98. The Labute approximate surface area is 120 Å². The van der Waals surface area contributed by atoms with Crippen LogP contribution in [-0.4, -0.2) is 61.5 Å². The molecule has 114 valence electrons. The van der Waals surface area contributed by atoms with Gasteiger partial charge in [0.15, 0.2) is 0 Å². The van der Waals surface area contributed by atoms with Crippen LogP contribution >= 0.6 is 0 Å². The van der Waals surface area contributed by atoms with Crippen LogP contribution in [0.5, 0.6) is 0 Å². The molecule has 0 aromatic carbocycles. The molecule has 2 aliphatic rings. The maximum Gasteiger partial charge on any atom is 0.241 e. The van der Waals surface area contributed by atoms with Crippen LogP contribution in [0.4, 0.5) is 0 Å². The molecule has 0 spiro atoms. The molecule has 2 rings (SSSR count). The highest BCUT2D eigenvalue weighted by atomic mass is 16.2. The highest BCUT2D eigenvalue weighted by Gasteiger charge is 2.30. The Hall–Kier alpha value is -1.14. The van der Waals surface area contributed by atoms with Crippen molar-refractivity contribution in [1.29, 1.82) is 0 Å². The lowest BCUT2D eigenvalue weighted by molar-refractivity contribution is -0.135. The van der Waals surface area contributed by atoms with E-state index in [9.17, 15) is 9.59 Å². The van der Waals surface area contributed by atoms with Gasteiger partial charge in [0.05, 0.1) is 6.04 Å². The first-order valence-corrected chi connectivity index (χ1v) is 7.56. The van der Waals surface area contributed by atoms with E-state index in [-0.39, 0.29) is 17.9 Å². The number of likely N-dealkylation sites (tertiary alicyclic amines) is 1. The number of piperazine rings is 1. The van der Waals surface area contributed by atoms with Gasteiger partial charge in [-0.25, -0.2) is 0 Å². The molecule has 2 saturated heterocycles. The summed E-state index contributed by atoms with van der Waals surface area (Å²) in [5, 5.41) is 9.51. The first kappa shape index (κ1) is 15.3. The fourth-order valence-corrected chi connectivity index (χ4v) is 2.82. The Kier molecular flexibility index (Phi) is 5.37. The Balaban J connectivity index is 1.73. The zero-order valence-electron chi connectivity index (χ0n) is 12.4. The van der Waals surface area contributed by atoms with Gasteiger partial charge >= 0.3 is 0 Å². The molecule has 2 fully saturated rings. The van der Waals surface area contributed by atoms with Crippen molar-refractivity contribution in [2.75, 3.05) is 32.7 Å². The van der Waals surface area contributed by atoms with Crippen molar-refractivity contribution in [3.05, 3.63) is 0 Å². The van der Waals surface area contributed by atoms with E-state index in [2.05, 4.69) is 22.9 Å². The minimum absolute atomic E-state index is 0.0232. The van der Waals surface area contributed by atoms with Crippen LogP contribution in [0.2, 0.25) is 0 Å². The number of hydrogen-bond acceptors (Lipinski definition) is 4. The molecule has 2 atom stereocenters. The summed E-state index contributed by atoms with van der Waals surface area (Å²) in [5.41, 5.74) is 0. The first-order valence-electron chi connectivity index (χ1n) is 7.56. The van der Waals surface area contributed by atoms with E-state index in [1.54, 1.807) is 6.92 Å². The second kappa shape index (κ2) is 7.04. The van der Waals surface area contributed by atoms with Gasteiger partial charge in [-0.05, 0) is 25.7 Å². The number of amides is 2. The van der Waals surface area contributed by atoms with E-state index in [1.807, 2.05) is 4.90 Å². The molecular formula is C14H26N4O2. The molecule has 0 aliphatic carbocycles. The van der Waals surface area contributed by atoms with Crippen LogP contribution < -0.4 is 16.0 Å².